The van der Waals surface area contributed by atoms with Crippen molar-refractivity contribution in [3.05, 3.63) is 76.1 Å². The van der Waals surface area contributed by atoms with Crippen LogP contribution in [0.5, 0.6) is 11.5 Å². The number of para-hydroxylation sites is 1. The molecule has 0 spiro atoms. The standard InChI is InChI=1S/C25H22N2O4S/c1-30-18-13-17(14-19(15-18)31-2)27-24(28)22(21-10-6-12-32-21)23(25(27)29)26-11-5-8-16-7-3-4-9-20(16)26/h3-4,6-7,9-10,12-15H,5,8,11H2,1-2H3. The smallest absolute Gasteiger partial charge is 0.282 e. The maximum Gasteiger partial charge on any atom is 0.282 e. The second-order valence-electron chi connectivity index (χ2n) is 7.60. The minimum absolute atomic E-state index is 0.342. The van der Waals surface area contributed by atoms with E-state index in [9.17, 15) is 9.59 Å². The summed E-state index contributed by atoms with van der Waals surface area (Å²) in [7, 11) is 3.08. The minimum atomic E-state index is -0.342. The Balaban J connectivity index is 1.67. The molecular formula is C25H22N2O4S. The molecule has 0 saturated heterocycles. The first-order valence-corrected chi connectivity index (χ1v) is 11.3. The van der Waals surface area contributed by atoms with Gasteiger partial charge in [0.1, 0.15) is 17.2 Å². The Labute approximate surface area is 190 Å². The SMILES string of the molecule is COc1cc(OC)cc(N2C(=O)C(c3cccs3)=C(N3CCCc4ccccc43)C2=O)c1. The zero-order valence-corrected chi connectivity index (χ0v) is 18.6. The van der Waals surface area contributed by atoms with Crippen molar-refractivity contribution in [3.63, 3.8) is 0 Å². The fourth-order valence-electron chi connectivity index (χ4n) is 4.33. The second kappa shape index (κ2) is 8.16. The van der Waals surface area contributed by atoms with Crippen molar-refractivity contribution in [2.75, 3.05) is 30.6 Å². The van der Waals surface area contributed by atoms with Crippen molar-refractivity contribution in [1.29, 1.82) is 0 Å². The fourth-order valence-corrected chi connectivity index (χ4v) is 5.10. The summed E-state index contributed by atoms with van der Waals surface area (Å²) in [5.74, 6) is 0.333. The van der Waals surface area contributed by atoms with Crippen molar-refractivity contribution < 1.29 is 19.1 Å². The Bertz CT molecular complexity index is 1210. The number of hydrogen-bond donors (Lipinski definition) is 0. The lowest BCUT2D eigenvalue weighted by Gasteiger charge is -2.32. The van der Waals surface area contributed by atoms with Gasteiger partial charge in [0, 0.05) is 35.3 Å². The molecule has 6 nitrogen and oxygen atoms in total. The second-order valence-corrected chi connectivity index (χ2v) is 8.55. The van der Waals surface area contributed by atoms with Crippen LogP contribution in [0.4, 0.5) is 11.4 Å². The molecule has 0 saturated carbocycles. The van der Waals surface area contributed by atoms with Crippen LogP contribution in [0.3, 0.4) is 0 Å². The van der Waals surface area contributed by atoms with Gasteiger partial charge in [-0.1, -0.05) is 24.3 Å². The molecule has 162 valence electrons. The predicted molar refractivity (Wildman–Crippen MR) is 125 cm³/mol. The molecule has 2 aromatic carbocycles. The molecule has 0 aliphatic carbocycles. The molecule has 3 aromatic rings. The Kier molecular flexibility index (Phi) is 5.19. The van der Waals surface area contributed by atoms with E-state index in [1.54, 1.807) is 18.2 Å². The van der Waals surface area contributed by atoms with Crippen LogP contribution in [0.25, 0.3) is 5.57 Å². The number of fused-ring (bicyclic) bond motifs is 1. The van der Waals surface area contributed by atoms with Gasteiger partial charge in [-0.3, -0.25) is 9.59 Å². The third-order valence-corrected chi connectivity index (χ3v) is 6.69. The Hall–Kier alpha value is -3.58. The van der Waals surface area contributed by atoms with Gasteiger partial charge < -0.3 is 14.4 Å². The zero-order chi connectivity index (χ0) is 22.2. The number of nitrogens with zero attached hydrogens (tertiary/aromatic N) is 2. The van der Waals surface area contributed by atoms with E-state index >= 15 is 0 Å². The number of amides is 2. The van der Waals surface area contributed by atoms with Crippen LogP contribution >= 0.6 is 11.3 Å². The fraction of sp³-hybridized carbons (Fsp3) is 0.200. The third kappa shape index (κ3) is 3.26. The van der Waals surface area contributed by atoms with Gasteiger partial charge in [-0.05, 0) is 35.9 Å². The van der Waals surface area contributed by atoms with E-state index in [0.717, 1.165) is 23.4 Å². The monoisotopic (exact) mass is 446 g/mol. The molecule has 0 fully saturated rings. The summed E-state index contributed by atoms with van der Waals surface area (Å²) in [5.41, 5.74) is 3.44. The van der Waals surface area contributed by atoms with Crippen LogP contribution < -0.4 is 19.3 Å². The summed E-state index contributed by atoms with van der Waals surface area (Å²) in [5, 5.41) is 1.92. The first-order chi connectivity index (χ1) is 15.6. The average molecular weight is 447 g/mol. The molecule has 5 rings (SSSR count). The maximum atomic E-state index is 13.9. The van der Waals surface area contributed by atoms with Crippen LogP contribution in [0, 0.1) is 0 Å². The lowest BCUT2D eigenvalue weighted by Crippen LogP contribution is -2.37. The van der Waals surface area contributed by atoms with Gasteiger partial charge in [0.25, 0.3) is 11.8 Å². The van der Waals surface area contributed by atoms with Crippen LogP contribution in [0.2, 0.25) is 0 Å². The van der Waals surface area contributed by atoms with Crippen molar-refractivity contribution in [2.24, 2.45) is 0 Å². The van der Waals surface area contributed by atoms with Gasteiger partial charge in [-0.2, -0.15) is 0 Å². The van der Waals surface area contributed by atoms with E-state index in [1.807, 2.05) is 40.6 Å². The number of benzene rings is 2. The summed E-state index contributed by atoms with van der Waals surface area (Å²) < 4.78 is 10.7. The first kappa shape index (κ1) is 20.3. The van der Waals surface area contributed by atoms with Gasteiger partial charge in [0.05, 0.1) is 25.5 Å². The van der Waals surface area contributed by atoms with Crippen molar-refractivity contribution in [2.45, 2.75) is 12.8 Å². The summed E-state index contributed by atoms with van der Waals surface area (Å²) >= 11 is 1.45. The lowest BCUT2D eigenvalue weighted by molar-refractivity contribution is -0.120. The van der Waals surface area contributed by atoms with E-state index < -0.39 is 0 Å². The quantitative estimate of drug-likeness (QED) is 0.540. The number of ether oxygens (including phenoxy) is 2. The minimum Gasteiger partial charge on any atom is -0.497 e. The number of imide groups is 1. The van der Waals surface area contributed by atoms with Crippen LogP contribution in [-0.2, 0) is 16.0 Å². The van der Waals surface area contributed by atoms with Gasteiger partial charge in [-0.25, -0.2) is 4.90 Å². The number of rotatable bonds is 5. The average Bonchev–Trinajstić information content (AvgIpc) is 3.44. The summed E-state index contributed by atoms with van der Waals surface area (Å²) in [4.78, 5) is 31.6. The van der Waals surface area contributed by atoms with Gasteiger partial charge in [-0.15, -0.1) is 11.3 Å². The number of carbonyl (C=O) groups is 2. The first-order valence-electron chi connectivity index (χ1n) is 10.4. The van der Waals surface area contributed by atoms with E-state index in [0.29, 0.717) is 35.0 Å². The summed E-state index contributed by atoms with van der Waals surface area (Å²) in [6, 6.07) is 16.9. The Morgan fingerprint density at radius 1 is 0.906 bits per heavy atom. The molecule has 0 radical (unpaired) electrons. The van der Waals surface area contributed by atoms with E-state index in [1.165, 1.54) is 36.0 Å². The molecule has 0 atom stereocenters. The highest BCUT2D eigenvalue weighted by Gasteiger charge is 2.44. The van der Waals surface area contributed by atoms with Gasteiger partial charge >= 0.3 is 0 Å². The normalized spacial score (nSPS) is 15.9. The number of carbonyl (C=O) groups excluding carboxylic acids is 2. The highest BCUT2D eigenvalue weighted by molar-refractivity contribution is 7.11. The van der Waals surface area contributed by atoms with Gasteiger partial charge in [0.2, 0.25) is 0 Å². The molecule has 0 N–H and O–H groups in total. The summed E-state index contributed by atoms with van der Waals surface area (Å²) in [6.07, 6.45) is 1.86. The molecule has 0 bridgehead atoms. The molecule has 0 unspecified atom stereocenters. The van der Waals surface area contributed by atoms with E-state index in [4.69, 9.17) is 9.47 Å². The molecule has 2 amide bonds. The number of methoxy groups -OCH3 is 2. The van der Waals surface area contributed by atoms with Gasteiger partial charge in [0.15, 0.2) is 0 Å². The van der Waals surface area contributed by atoms with E-state index in [2.05, 4.69) is 6.07 Å². The molecule has 1 aromatic heterocycles. The largest absolute Gasteiger partial charge is 0.497 e. The number of hydrogen-bond acceptors (Lipinski definition) is 6. The molecule has 2 aliphatic heterocycles. The summed E-state index contributed by atoms with van der Waals surface area (Å²) in [6.45, 7) is 0.676. The van der Waals surface area contributed by atoms with Crippen molar-refractivity contribution in [1.82, 2.24) is 0 Å². The van der Waals surface area contributed by atoms with Crippen molar-refractivity contribution in [3.8, 4) is 11.5 Å². The maximum absolute atomic E-state index is 13.9. The van der Waals surface area contributed by atoms with Crippen LogP contribution in [0.1, 0.15) is 16.9 Å². The van der Waals surface area contributed by atoms with Crippen molar-refractivity contribution >= 4 is 40.1 Å². The highest BCUT2D eigenvalue weighted by Crippen LogP contribution is 2.41. The molecule has 7 heteroatoms. The van der Waals surface area contributed by atoms with Crippen LogP contribution in [-0.4, -0.2) is 32.6 Å². The topological polar surface area (TPSA) is 59.1 Å². The molecule has 32 heavy (non-hydrogen) atoms. The van der Waals surface area contributed by atoms with Crippen LogP contribution in [0.15, 0.2) is 65.7 Å². The number of anilines is 2. The Morgan fingerprint density at radius 3 is 2.34 bits per heavy atom. The predicted octanol–water partition coefficient (Wildman–Crippen LogP) is 4.50. The van der Waals surface area contributed by atoms with E-state index in [-0.39, 0.29) is 11.8 Å². The lowest BCUT2D eigenvalue weighted by atomic mass is 10.00. The third-order valence-electron chi connectivity index (χ3n) is 5.80. The number of aryl methyl sites for hydroxylation is 1. The highest BCUT2D eigenvalue weighted by atomic mass is 32.1. The molecule has 3 heterocycles. The Morgan fingerprint density at radius 2 is 1.66 bits per heavy atom. The zero-order valence-electron chi connectivity index (χ0n) is 17.8. The molecular weight excluding hydrogens is 424 g/mol. The number of thiophene rings is 1. The molecule has 2 aliphatic rings.